The number of nitrogens with zero attached hydrogens (tertiary/aromatic N) is 6. The van der Waals surface area contributed by atoms with E-state index in [9.17, 15) is 28.8 Å². The van der Waals surface area contributed by atoms with Crippen LogP contribution in [0.5, 0.6) is 0 Å². The van der Waals surface area contributed by atoms with Gasteiger partial charge in [-0.15, -0.1) is 17.5 Å². The van der Waals surface area contributed by atoms with Crippen molar-refractivity contribution in [3.05, 3.63) is 249 Å². The molecule has 79 heavy (non-hydrogen) atoms. The van der Waals surface area contributed by atoms with Crippen LogP contribution >= 0.6 is 12.4 Å². The highest BCUT2D eigenvalue weighted by Crippen LogP contribution is 2.16. The predicted molar refractivity (Wildman–Crippen MR) is 316 cm³/mol. The van der Waals surface area contributed by atoms with Gasteiger partial charge in [0.1, 0.15) is 12.0 Å². The summed E-state index contributed by atoms with van der Waals surface area (Å²) in [5.41, 5.74) is 12.1. The molecule has 0 aliphatic heterocycles. The van der Waals surface area contributed by atoms with E-state index in [0.717, 1.165) is 23.2 Å². The Hall–Kier alpha value is -10.4. The average molecular weight is 1080 g/mol. The fraction of sp³-hybridized carbons (Fsp3) is 0.131. The van der Waals surface area contributed by atoms with Crippen LogP contribution in [0.2, 0.25) is 0 Å². The van der Waals surface area contributed by atoms with Gasteiger partial charge >= 0.3 is 11.7 Å². The first-order valence-electron chi connectivity index (χ1n) is 24.3. The van der Waals surface area contributed by atoms with Crippen molar-refractivity contribution in [1.29, 1.82) is 5.26 Å². The maximum absolute atomic E-state index is 11.9. The summed E-state index contributed by atoms with van der Waals surface area (Å²) in [5, 5.41) is 25.5. The number of hydrazine groups is 1. The van der Waals surface area contributed by atoms with Gasteiger partial charge in [0, 0.05) is 40.4 Å². The van der Waals surface area contributed by atoms with Crippen LogP contribution in [0.3, 0.4) is 0 Å². The van der Waals surface area contributed by atoms with Crippen LogP contribution in [0.4, 0.5) is 22.7 Å². The number of H-pyrrole nitrogens is 1. The number of para-hydroxylation sites is 3. The van der Waals surface area contributed by atoms with E-state index in [0.29, 0.717) is 50.9 Å². The van der Waals surface area contributed by atoms with Crippen molar-refractivity contribution in [3.8, 4) is 23.1 Å². The second kappa shape index (κ2) is 40.0. The van der Waals surface area contributed by atoms with Crippen LogP contribution in [0, 0.1) is 24.5 Å². The fourth-order valence-electron chi connectivity index (χ4n) is 5.72. The van der Waals surface area contributed by atoms with Crippen molar-refractivity contribution in [1.82, 2.24) is 14.8 Å². The number of halogens is 1. The van der Waals surface area contributed by atoms with Gasteiger partial charge in [0.15, 0.2) is 28.8 Å². The molecule has 6 N–H and O–H groups in total. The number of hydrogen-bond donors (Lipinski definition) is 5. The summed E-state index contributed by atoms with van der Waals surface area (Å²) in [4.78, 5) is 75.1. The van der Waals surface area contributed by atoms with E-state index in [-0.39, 0.29) is 35.2 Å². The first-order valence-corrected chi connectivity index (χ1v) is 24.3. The van der Waals surface area contributed by atoms with Gasteiger partial charge in [-0.05, 0) is 55.5 Å². The number of aldehydes is 1. The molecule has 0 aliphatic rings. The molecule has 0 fully saturated rings. The highest BCUT2D eigenvalue weighted by Gasteiger charge is 2.14. The summed E-state index contributed by atoms with van der Waals surface area (Å²) in [6.07, 6.45) is 0.773. The molecule has 0 amide bonds. The third kappa shape index (κ3) is 24.7. The monoisotopic (exact) mass is 1080 g/mol. The van der Waals surface area contributed by atoms with Gasteiger partial charge in [0.05, 0.1) is 36.2 Å². The molecule has 8 rings (SSSR count). The molecule has 7 aromatic carbocycles. The van der Waals surface area contributed by atoms with Crippen molar-refractivity contribution in [2.45, 2.75) is 55.4 Å². The third-order valence-corrected chi connectivity index (χ3v) is 9.43. The lowest BCUT2D eigenvalue weighted by Crippen LogP contribution is -2.15. The molecule has 1 heterocycles. The fourth-order valence-corrected chi connectivity index (χ4v) is 5.72. The number of carboxylic acid groups (broad SMARTS) is 1. The lowest BCUT2D eigenvalue weighted by Gasteiger charge is -2.05. The molecule has 0 bridgehead atoms. The number of carbonyl (C=O) groups is 5. The maximum Gasteiger partial charge on any atom is 0.377 e. The van der Waals surface area contributed by atoms with Crippen LogP contribution in [0.1, 0.15) is 97.6 Å². The second-order valence-electron chi connectivity index (χ2n) is 14.5. The molecule has 18 heteroatoms. The number of Topliss-reactive ketones (excluding diaryl/α,β-unsaturated/α-hetero) is 3. The highest BCUT2D eigenvalue weighted by atomic mass is 35.5. The molecule has 0 unspecified atom stereocenters. The van der Waals surface area contributed by atoms with Crippen molar-refractivity contribution in [3.63, 3.8) is 0 Å². The quantitative estimate of drug-likeness (QED) is 0.0154. The first kappa shape index (κ1) is 68.6. The third-order valence-electron chi connectivity index (χ3n) is 9.43. The standard InChI is InChI=1S/C16H13N3O.C15H11N3O2.C9H5NO3.C9H7NO.C6H8N2.3C2H6.ClH/c1-12(20)16(14-9-7-13(11-17)8-10-14)19-18-15-5-3-2-4-6-15;19-10-11-6-8-12(9-7-11)14-16-15(20)18(17-14)13-4-2-1-3-5-13;1-10-7-4-2-6(3-5-7)8(11)9(12)13;1-7(11)8-3-5-9(10-2)6-4-8;7-8-6-4-2-1-3-5-6;3*1-2;/h2-10,18H,1H3;1-10H,(H,16,17,20);2-5H,(H,12,13);3-6H,1H3;1-5,8H,7H2;3*1-2H3;1H/b19-16+;;;;;;;;. The molecule has 1 aromatic heterocycles. The zero-order chi connectivity index (χ0) is 58.3. The minimum atomic E-state index is -1.49. The topological polar surface area (TPSA) is 251 Å². The highest BCUT2D eigenvalue weighted by molar-refractivity contribution is 6.45. The molecule has 0 saturated carbocycles. The molecule has 0 spiro atoms. The predicted octanol–water partition coefficient (Wildman–Crippen LogP) is 13.4. The van der Waals surface area contributed by atoms with Crippen LogP contribution in [0.25, 0.3) is 26.8 Å². The largest absolute Gasteiger partial charge is 0.475 e. The summed E-state index contributed by atoms with van der Waals surface area (Å²) >= 11 is 0. The maximum atomic E-state index is 11.9. The SMILES string of the molecule is CC.CC.CC.CC(=O)/C(=N\Nc1ccccc1)c1ccc(C#N)cc1.Cl.NNc1ccccc1.O=Cc1ccc(-c2nn(-c3ccccc3)c(=O)[nH]2)cc1.[C-]#[N+]c1ccc(C(=O)C(=O)O)cc1.[C-]#[N+]c1ccc(C(C)=O)cc1. The summed E-state index contributed by atoms with van der Waals surface area (Å²) in [6.45, 7) is 28.3. The van der Waals surface area contributed by atoms with Gasteiger partial charge in [-0.25, -0.2) is 19.3 Å². The number of hydrogen-bond acceptors (Lipinski definition) is 12. The van der Waals surface area contributed by atoms with Gasteiger partial charge in [-0.1, -0.05) is 181 Å². The minimum Gasteiger partial charge on any atom is -0.475 e. The number of carboxylic acids is 1. The van der Waals surface area contributed by atoms with Crippen molar-refractivity contribution < 1.29 is 29.1 Å². The van der Waals surface area contributed by atoms with Crippen molar-refractivity contribution in [2.75, 3.05) is 10.9 Å². The van der Waals surface area contributed by atoms with Gasteiger partial charge in [-0.2, -0.15) is 15.0 Å². The number of benzene rings is 7. The summed E-state index contributed by atoms with van der Waals surface area (Å²) in [5.74, 6) is 3.01. The van der Waals surface area contributed by atoms with Gasteiger partial charge in [0.2, 0.25) is 0 Å². The number of nitriles is 1. The Kier molecular flexibility index (Phi) is 34.7. The second-order valence-corrected chi connectivity index (χ2v) is 14.5. The lowest BCUT2D eigenvalue weighted by atomic mass is 10.1. The number of rotatable bonds is 11. The van der Waals surface area contributed by atoms with Crippen LogP contribution in [-0.4, -0.2) is 55.2 Å². The smallest absolute Gasteiger partial charge is 0.377 e. The van der Waals surface area contributed by atoms with E-state index in [1.165, 1.54) is 42.8 Å². The molecule has 0 saturated heterocycles. The molecular weight excluding hydrogens is 1020 g/mol. The molecule has 406 valence electrons. The van der Waals surface area contributed by atoms with Crippen molar-refractivity contribution in [2.24, 2.45) is 10.9 Å². The number of nitrogens with one attached hydrogen (secondary N) is 3. The Bertz CT molecular complexity index is 3290. The summed E-state index contributed by atoms with van der Waals surface area (Å²) in [7, 11) is 0. The average Bonchev–Trinajstić information content (AvgIpc) is 3.92. The molecule has 8 aromatic rings. The van der Waals surface area contributed by atoms with E-state index >= 15 is 0 Å². The number of carbonyl (C=O) groups excluding carboxylic acids is 4. The number of aliphatic carboxylic acids is 1. The van der Waals surface area contributed by atoms with E-state index in [1.54, 1.807) is 72.8 Å². The lowest BCUT2D eigenvalue weighted by molar-refractivity contribution is -0.131. The van der Waals surface area contributed by atoms with Crippen LogP contribution in [-0.2, 0) is 9.59 Å². The first-order chi connectivity index (χ1) is 37.8. The molecule has 0 aliphatic carbocycles. The number of aromatic amines is 1. The Labute approximate surface area is 467 Å². The zero-order valence-corrected chi connectivity index (χ0v) is 45.9. The number of aromatic nitrogens is 3. The zero-order valence-electron chi connectivity index (χ0n) is 45.0. The number of nitrogens with two attached hydrogens (primary N) is 1. The Morgan fingerprint density at radius 3 is 1.49 bits per heavy atom. The van der Waals surface area contributed by atoms with E-state index < -0.39 is 11.8 Å². The van der Waals surface area contributed by atoms with E-state index in [4.69, 9.17) is 29.4 Å². The van der Waals surface area contributed by atoms with Gasteiger partial charge < -0.3 is 10.5 Å². The molecule has 0 radical (unpaired) electrons. The number of anilines is 2. The van der Waals surface area contributed by atoms with Gasteiger partial charge in [0.25, 0.3) is 5.78 Å². The van der Waals surface area contributed by atoms with Crippen LogP contribution in [0.15, 0.2) is 198 Å². The number of hydrazone groups is 1. The Balaban J connectivity index is 0.000000967. The summed E-state index contributed by atoms with van der Waals surface area (Å²) < 4.78 is 1.31. The Morgan fingerprint density at radius 1 is 0.658 bits per heavy atom. The van der Waals surface area contributed by atoms with E-state index in [1.807, 2.05) is 139 Å². The normalized spacial score (nSPS) is 9.11. The molecule has 0 atom stereocenters. The van der Waals surface area contributed by atoms with Gasteiger partial charge in [-0.3, -0.25) is 35.4 Å². The number of ketones is 3. The Morgan fingerprint density at radius 2 is 1.10 bits per heavy atom. The summed E-state index contributed by atoms with van der Waals surface area (Å²) in [6, 6.07) is 55.9. The minimum absolute atomic E-state index is 0. The van der Waals surface area contributed by atoms with Crippen molar-refractivity contribution >= 4 is 70.5 Å². The molecular formula is C61H63ClN10O7. The number of nitrogen functional groups attached to an aromatic ring is 1. The van der Waals surface area contributed by atoms with E-state index in [2.05, 4.69) is 35.7 Å². The molecule has 17 nitrogen and oxygen atoms in total. The van der Waals surface area contributed by atoms with Crippen LogP contribution < -0.4 is 22.4 Å².